The average molecular weight is 249 g/mol. The highest BCUT2D eigenvalue weighted by Gasteiger charge is 2.32. The number of hydrogen-bond donors (Lipinski definition) is 1. The van der Waals surface area contributed by atoms with Crippen molar-refractivity contribution in [2.24, 2.45) is 0 Å². The molecular formula is C12H12FN3O2. The van der Waals surface area contributed by atoms with Crippen LogP contribution in [0.1, 0.15) is 18.2 Å². The van der Waals surface area contributed by atoms with Crippen LogP contribution in [0.4, 0.5) is 4.39 Å². The Morgan fingerprint density at radius 3 is 2.67 bits per heavy atom. The predicted molar refractivity (Wildman–Crippen MR) is 61.5 cm³/mol. The quantitative estimate of drug-likeness (QED) is 0.887. The van der Waals surface area contributed by atoms with Crippen LogP contribution < -0.4 is 4.74 Å². The molecule has 0 aromatic carbocycles. The van der Waals surface area contributed by atoms with Crippen molar-refractivity contribution in [2.75, 3.05) is 7.11 Å². The van der Waals surface area contributed by atoms with Crippen LogP contribution >= 0.6 is 0 Å². The topological polar surface area (TPSA) is 68.1 Å². The molecule has 0 bridgehead atoms. The number of pyridine rings is 1. The van der Waals surface area contributed by atoms with Gasteiger partial charge in [-0.25, -0.2) is 9.37 Å². The van der Waals surface area contributed by atoms with Crippen molar-refractivity contribution in [2.45, 2.75) is 12.5 Å². The van der Waals surface area contributed by atoms with Gasteiger partial charge in [0.15, 0.2) is 0 Å². The first kappa shape index (κ1) is 12.4. The Kier molecular flexibility index (Phi) is 3.20. The van der Waals surface area contributed by atoms with Gasteiger partial charge >= 0.3 is 0 Å². The second kappa shape index (κ2) is 4.66. The molecule has 94 valence electrons. The molecule has 6 heteroatoms. The summed E-state index contributed by atoms with van der Waals surface area (Å²) in [6, 6.07) is 1.20. The number of hydrogen-bond acceptors (Lipinski definition) is 5. The number of rotatable bonds is 3. The molecule has 0 amide bonds. The SMILES string of the molecule is COc1nccnc1C(C)(O)c1cncc(F)c1. The Hall–Kier alpha value is -2.08. The summed E-state index contributed by atoms with van der Waals surface area (Å²) in [6.07, 6.45) is 5.31. The lowest BCUT2D eigenvalue weighted by molar-refractivity contribution is 0.0922. The van der Waals surface area contributed by atoms with E-state index in [0.29, 0.717) is 0 Å². The van der Waals surface area contributed by atoms with Crippen molar-refractivity contribution in [3.8, 4) is 5.88 Å². The summed E-state index contributed by atoms with van der Waals surface area (Å²) in [6.45, 7) is 1.48. The smallest absolute Gasteiger partial charge is 0.238 e. The predicted octanol–water partition coefficient (Wildman–Crippen LogP) is 1.28. The lowest BCUT2D eigenvalue weighted by Gasteiger charge is -2.23. The Morgan fingerprint density at radius 2 is 2.00 bits per heavy atom. The van der Waals surface area contributed by atoms with E-state index in [4.69, 9.17) is 4.74 Å². The number of nitrogens with zero attached hydrogens (tertiary/aromatic N) is 3. The Morgan fingerprint density at radius 1 is 1.28 bits per heavy atom. The third-order valence-electron chi connectivity index (χ3n) is 2.59. The summed E-state index contributed by atoms with van der Waals surface area (Å²) in [5.41, 5.74) is -1.05. The van der Waals surface area contributed by atoms with Crippen LogP contribution in [0.3, 0.4) is 0 Å². The zero-order chi connectivity index (χ0) is 13.2. The van der Waals surface area contributed by atoms with Crippen molar-refractivity contribution in [1.82, 2.24) is 15.0 Å². The molecule has 0 radical (unpaired) electrons. The van der Waals surface area contributed by atoms with E-state index in [1.54, 1.807) is 0 Å². The van der Waals surface area contributed by atoms with Crippen LogP contribution in [0, 0.1) is 5.82 Å². The molecular weight excluding hydrogens is 237 g/mol. The van der Waals surface area contributed by atoms with Crippen LogP contribution in [-0.4, -0.2) is 27.2 Å². The molecule has 1 unspecified atom stereocenters. The van der Waals surface area contributed by atoms with Crippen LogP contribution in [0.5, 0.6) is 5.88 Å². The van der Waals surface area contributed by atoms with Gasteiger partial charge in [0, 0.05) is 24.2 Å². The highest BCUT2D eigenvalue weighted by atomic mass is 19.1. The average Bonchev–Trinajstić information content (AvgIpc) is 2.38. The van der Waals surface area contributed by atoms with Gasteiger partial charge in [-0.05, 0) is 13.0 Å². The van der Waals surface area contributed by atoms with Crippen LogP contribution in [0.2, 0.25) is 0 Å². The third kappa shape index (κ3) is 2.14. The van der Waals surface area contributed by atoms with Crippen LogP contribution in [-0.2, 0) is 5.60 Å². The summed E-state index contributed by atoms with van der Waals surface area (Å²) >= 11 is 0. The fourth-order valence-electron chi connectivity index (χ4n) is 1.62. The van der Waals surface area contributed by atoms with Crippen molar-refractivity contribution in [1.29, 1.82) is 0 Å². The molecule has 0 aliphatic heterocycles. The number of halogens is 1. The Balaban J connectivity index is 2.54. The van der Waals surface area contributed by atoms with Gasteiger partial charge < -0.3 is 9.84 Å². The fraction of sp³-hybridized carbons (Fsp3) is 0.250. The van der Waals surface area contributed by atoms with Crippen LogP contribution in [0.25, 0.3) is 0 Å². The number of aliphatic hydroxyl groups is 1. The minimum atomic E-state index is -1.53. The first-order valence-electron chi connectivity index (χ1n) is 5.24. The minimum Gasteiger partial charge on any atom is -0.480 e. The monoisotopic (exact) mass is 249 g/mol. The van der Waals surface area contributed by atoms with Gasteiger partial charge in [0.2, 0.25) is 5.88 Å². The van der Waals surface area contributed by atoms with Gasteiger partial charge in [0.25, 0.3) is 0 Å². The lowest BCUT2D eigenvalue weighted by atomic mass is 9.94. The molecule has 18 heavy (non-hydrogen) atoms. The second-order valence-corrected chi connectivity index (χ2v) is 3.88. The van der Waals surface area contributed by atoms with Crippen molar-refractivity contribution < 1.29 is 14.2 Å². The highest BCUT2D eigenvalue weighted by Crippen LogP contribution is 2.31. The molecule has 0 spiro atoms. The maximum atomic E-state index is 13.2. The van der Waals surface area contributed by atoms with E-state index in [9.17, 15) is 9.50 Å². The summed E-state index contributed by atoms with van der Waals surface area (Å²) in [5, 5.41) is 10.5. The molecule has 2 aromatic rings. The molecule has 0 saturated carbocycles. The Bertz CT molecular complexity index is 561. The highest BCUT2D eigenvalue weighted by molar-refractivity contribution is 5.34. The summed E-state index contributed by atoms with van der Waals surface area (Å²) in [4.78, 5) is 11.7. The molecule has 0 aliphatic carbocycles. The van der Waals surface area contributed by atoms with Gasteiger partial charge in [-0.1, -0.05) is 0 Å². The zero-order valence-electron chi connectivity index (χ0n) is 9.96. The van der Waals surface area contributed by atoms with Gasteiger partial charge in [-0.2, -0.15) is 0 Å². The normalized spacial score (nSPS) is 14.0. The minimum absolute atomic E-state index is 0.187. The van der Waals surface area contributed by atoms with Crippen LogP contribution in [0.15, 0.2) is 30.9 Å². The van der Waals surface area contributed by atoms with Gasteiger partial charge in [-0.3, -0.25) is 9.97 Å². The van der Waals surface area contributed by atoms with E-state index in [-0.39, 0.29) is 17.1 Å². The van der Waals surface area contributed by atoms with E-state index in [1.807, 2.05) is 0 Å². The molecule has 2 heterocycles. The molecule has 0 aliphatic rings. The standard InChI is InChI=1S/C12H12FN3O2/c1-12(17,8-5-9(13)7-14-6-8)10-11(18-2)16-4-3-15-10/h3-7,17H,1-2H3. The van der Waals surface area contributed by atoms with Crippen molar-refractivity contribution in [3.05, 3.63) is 47.9 Å². The number of aromatic nitrogens is 3. The molecule has 5 nitrogen and oxygen atoms in total. The zero-order valence-corrected chi connectivity index (χ0v) is 9.96. The molecule has 0 saturated heterocycles. The maximum absolute atomic E-state index is 13.2. The maximum Gasteiger partial charge on any atom is 0.238 e. The van der Waals surface area contributed by atoms with E-state index < -0.39 is 11.4 Å². The molecule has 1 N–H and O–H groups in total. The van der Waals surface area contributed by atoms with E-state index in [1.165, 1.54) is 38.7 Å². The molecule has 2 aromatic heterocycles. The first-order valence-corrected chi connectivity index (χ1v) is 5.24. The molecule has 1 atom stereocenters. The molecule has 0 fully saturated rings. The van der Waals surface area contributed by atoms with Crippen molar-refractivity contribution in [3.63, 3.8) is 0 Å². The van der Waals surface area contributed by atoms with Gasteiger partial charge in [0.1, 0.15) is 17.1 Å². The third-order valence-corrected chi connectivity index (χ3v) is 2.59. The van der Waals surface area contributed by atoms with E-state index in [2.05, 4.69) is 15.0 Å². The van der Waals surface area contributed by atoms with Gasteiger partial charge in [-0.15, -0.1) is 0 Å². The summed E-state index contributed by atoms with van der Waals surface area (Å²) in [7, 11) is 1.42. The number of methoxy groups -OCH3 is 1. The summed E-state index contributed by atoms with van der Waals surface area (Å²) < 4.78 is 18.2. The number of ether oxygens (including phenoxy) is 1. The summed E-state index contributed by atoms with van der Waals surface area (Å²) in [5.74, 6) is -0.345. The van der Waals surface area contributed by atoms with Crippen molar-refractivity contribution >= 4 is 0 Å². The fourth-order valence-corrected chi connectivity index (χ4v) is 1.62. The van der Waals surface area contributed by atoms with Gasteiger partial charge in [0.05, 0.1) is 13.3 Å². The molecule has 2 rings (SSSR count). The second-order valence-electron chi connectivity index (χ2n) is 3.88. The van der Waals surface area contributed by atoms with E-state index in [0.717, 1.165) is 6.20 Å². The first-order chi connectivity index (χ1) is 8.55. The largest absolute Gasteiger partial charge is 0.480 e. The lowest BCUT2D eigenvalue weighted by Crippen LogP contribution is -2.26. The van der Waals surface area contributed by atoms with E-state index >= 15 is 0 Å². The Labute approximate surface area is 103 Å².